The number of carboxylic acids is 1. The topological polar surface area (TPSA) is 99.7 Å². The molecule has 1 amide bonds. The zero-order valence-corrected chi connectivity index (χ0v) is 10.9. The van der Waals surface area contributed by atoms with Crippen LogP contribution in [0.3, 0.4) is 0 Å². The number of amides is 1. The van der Waals surface area contributed by atoms with Crippen LogP contribution in [0, 0.1) is 0 Å². The van der Waals surface area contributed by atoms with Crippen molar-refractivity contribution in [2.75, 3.05) is 13.2 Å². The van der Waals surface area contributed by atoms with Gasteiger partial charge in [-0.3, -0.25) is 0 Å². The van der Waals surface area contributed by atoms with Crippen LogP contribution in [0.1, 0.15) is 27.2 Å². The van der Waals surface area contributed by atoms with Gasteiger partial charge in [-0.1, -0.05) is 0 Å². The Morgan fingerprint density at radius 3 is 2.61 bits per heavy atom. The van der Waals surface area contributed by atoms with Crippen molar-refractivity contribution in [2.24, 2.45) is 0 Å². The van der Waals surface area contributed by atoms with E-state index in [1.165, 1.54) is 0 Å². The highest BCUT2D eigenvalue weighted by Gasteiger charge is 2.27. The minimum absolute atomic E-state index is 0.0426. The second kappa shape index (κ2) is 6.01. The van der Waals surface area contributed by atoms with Crippen LogP contribution in [0.2, 0.25) is 0 Å². The molecule has 7 heteroatoms. The second-order valence-corrected chi connectivity index (χ2v) is 5.30. The maximum atomic E-state index is 11.5. The highest BCUT2D eigenvalue weighted by Crippen LogP contribution is 2.08. The van der Waals surface area contributed by atoms with Crippen LogP contribution in [0.15, 0.2) is 0 Å². The molecule has 0 aromatic rings. The summed E-state index contributed by atoms with van der Waals surface area (Å²) >= 11 is 0. The van der Waals surface area contributed by atoms with Gasteiger partial charge in [-0.2, -0.15) is 0 Å². The summed E-state index contributed by atoms with van der Waals surface area (Å²) < 4.78 is 5.03. The molecule has 7 nitrogen and oxygen atoms in total. The van der Waals surface area contributed by atoms with Gasteiger partial charge in [0.25, 0.3) is 0 Å². The molecule has 1 aliphatic heterocycles. The molecular formula is C11H21N3O4. The Morgan fingerprint density at radius 2 is 2.17 bits per heavy atom. The summed E-state index contributed by atoms with van der Waals surface area (Å²) in [6.07, 6.45) is -0.387. The van der Waals surface area contributed by atoms with E-state index < -0.39 is 23.7 Å². The standard InChI is InChI=1S/C11H21N3O4/c1-11(2,3)18-10(17)14-8(9(15)16)4-7-5-12-6-13-7/h7-8,12-13H,4-6H2,1-3H3,(H,14,17)(H,15,16)/t7-,8+/m1/s1. The Hall–Kier alpha value is -1.34. The van der Waals surface area contributed by atoms with Crippen molar-refractivity contribution in [3.8, 4) is 0 Å². The fraction of sp³-hybridized carbons (Fsp3) is 0.818. The van der Waals surface area contributed by atoms with Crippen molar-refractivity contribution in [2.45, 2.75) is 44.9 Å². The Kier molecular flexibility index (Phi) is 4.92. The highest BCUT2D eigenvalue weighted by molar-refractivity contribution is 5.80. The maximum absolute atomic E-state index is 11.5. The molecule has 0 radical (unpaired) electrons. The van der Waals surface area contributed by atoms with Gasteiger partial charge < -0.3 is 25.8 Å². The lowest BCUT2D eigenvalue weighted by atomic mass is 10.1. The third kappa shape index (κ3) is 5.33. The predicted octanol–water partition coefficient (Wildman–Crippen LogP) is -0.127. The lowest BCUT2D eigenvalue weighted by Gasteiger charge is -2.23. The summed E-state index contributed by atoms with van der Waals surface area (Å²) in [5, 5.41) is 17.6. The molecule has 1 aliphatic rings. The molecule has 104 valence electrons. The largest absolute Gasteiger partial charge is 0.480 e. The minimum Gasteiger partial charge on any atom is -0.480 e. The molecule has 1 rings (SSSR count). The molecule has 1 fully saturated rings. The number of ether oxygens (including phenoxy) is 1. The summed E-state index contributed by atoms with van der Waals surface area (Å²) in [5.41, 5.74) is -0.639. The van der Waals surface area contributed by atoms with Crippen molar-refractivity contribution >= 4 is 12.1 Å². The van der Waals surface area contributed by atoms with Gasteiger partial charge in [0.15, 0.2) is 0 Å². The monoisotopic (exact) mass is 259 g/mol. The van der Waals surface area contributed by atoms with Crippen LogP contribution in [0.25, 0.3) is 0 Å². The number of aliphatic carboxylic acids is 1. The lowest BCUT2D eigenvalue weighted by Crippen LogP contribution is -2.46. The predicted molar refractivity (Wildman–Crippen MR) is 65.2 cm³/mol. The molecule has 0 aliphatic carbocycles. The first-order valence-electron chi connectivity index (χ1n) is 5.94. The van der Waals surface area contributed by atoms with E-state index in [2.05, 4.69) is 16.0 Å². The number of hydrogen-bond acceptors (Lipinski definition) is 5. The van der Waals surface area contributed by atoms with E-state index in [1.54, 1.807) is 20.8 Å². The van der Waals surface area contributed by atoms with Gasteiger partial charge in [-0.05, 0) is 27.2 Å². The Labute approximate surface area is 106 Å². The fourth-order valence-corrected chi connectivity index (χ4v) is 1.66. The van der Waals surface area contributed by atoms with Gasteiger partial charge >= 0.3 is 12.1 Å². The SMILES string of the molecule is CC(C)(C)OC(=O)N[C@@H](C[C@@H]1CNCN1)C(=O)O. The van der Waals surface area contributed by atoms with Crippen molar-refractivity contribution in [3.63, 3.8) is 0 Å². The zero-order valence-electron chi connectivity index (χ0n) is 10.9. The van der Waals surface area contributed by atoms with Gasteiger partial charge in [-0.25, -0.2) is 9.59 Å². The third-order valence-corrected chi connectivity index (χ3v) is 2.42. The molecule has 2 atom stereocenters. The number of alkyl carbamates (subject to hydrolysis) is 1. The first-order valence-corrected chi connectivity index (χ1v) is 5.94. The van der Waals surface area contributed by atoms with E-state index in [-0.39, 0.29) is 6.04 Å². The molecule has 0 unspecified atom stereocenters. The summed E-state index contributed by atoms with van der Waals surface area (Å²) in [7, 11) is 0. The number of carboxylic acid groups (broad SMARTS) is 1. The lowest BCUT2D eigenvalue weighted by molar-refractivity contribution is -0.139. The molecule has 0 aromatic carbocycles. The molecule has 0 saturated carbocycles. The normalized spacial score (nSPS) is 21.4. The minimum atomic E-state index is -1.06. The molecule has 1 heterocycles. The molecule has 4 N–H and O–H groups in total. The third-order valence-electron chi connectivity index (χ3n) is 2.42. The quantitative estimate of drug-likeness (QED) is 0.561. The summed E-state index contributed by atoms with van der Waals surface area (Å²) in [4.78, 5) is 22.6. The van der Waals surface area contributed by atoms with Gasteiger partial charge in [0.2, 0.25) is 0 Å². The molecule has 0 spiro atoms. The van der Waals surface area contributed by atoms with Gasteiger partial charge in [0, 0.05) is 19.3 Å². The Morgan fingerprint density at radius 1 is 1.50 bits per heavy atom. The molecule has 0 aromatic heterocycles. The van der Waals surface area contributed by atoms with E-state index in [1.807, 2.05) is 0 Å². The number of nitrogens with one attached hydrogen (secondary N) is 3. The average molecular weight is 259 g/mol. The number of carbonyl (C=O) groups is 2. The first-order chi connectivity index (χ1) is 8.28. The molecule has 1 saturated heterocycles. The van der Waals surface area contributed by atoms with Crippen LogP contribution in [-0.2, 0) is 9.53 Å². The van der Waals surface area contributed by atoms with Crippen molar-refractivity contribution in [3.05, 3.63) is 0 Å². The van der Waals surface area contributed by atoms with Crippen LogP contribution >= 0.6 is 0 Å². The van der Waals surface area contributed by atoms with E-state index in [4.69, 9.17) is 9.84 Å². The Bertz CT molecular complexity index is 308. The van der Waals surface area contributed by atoms with Gasteiger partial charge in [0.05, 0.1) is 0 Å². The summed E-state index contributed by atoms with van der Waals surface area (Å²) in [6.45, 7) is 6.53. The molecule has 18 heavy (non-hydrogen) atoms. The van der Waals surface area contributed by atoms with E-state index in [0.29, 0.717) is 19.6 Å². The summed E-state index contributed by atoms with van der Waals surface area (Å²) in [6, 6.07) is -0.904. The van der Waals surface area contributed by atoms with Crippen LogP contribution in [0.5, 0.6) is 0 Å². The summed E-state index contributed by atoms with van der Waals surface area (Å²) in [5.74, 6) is -1.06. The van der Waals surface area contributed by atoms with Crippen molar-refractivity contribution in [1.29, 1.82) is 0 Å². The van der Waals surface area contributed by atoms with Crippen molar-refractivity contribution < 1.29 is 19.4 Å². The number of hydrogen-bond donors (Lipinski definition) is 4. The van der Waals surface area contributed by atoms with E-state index in [9.17, 15) is 9.59 Å². The first kappa shape index (κ1) is 14.7. The average Bonchev–Trinajstić information content (AvgIpc) is 2.66. The fourth-order valence-electron chi connectivity index (χ4n) is 1.66. The second-order valence-electron chi connectivity index (χ2n) is 5.30. The van der Waals surface area contributed by atoms with E-state index >= 15 is 0 Å². The van der Waals surface area contributed by atoms with Gasteiger partial charge in [-0.15, -0.1) is 0 Å². The molecule has 0 bridgehead atoms. The zero-order chi connectivity index (χ0) is 13.8. The highest BCUT2D eigenvalue weighted by atomic mass is 16.6. The maximum Gasteiger partial charge on any atom is 0.408 e. The number of carbonyl (C=O) groups excluding carboxylic acids is 1. The van der Waals surface area contributed by atoms with E-state index in [0.717, 1.165) is 0 Å². The molecular weight excluding hydrogens is 238 g/mol. The van der Waals surface area contributed by atoms with Crippen LogP contribution in [0.4, 0.5) is 4.79 Å². The van der Waals surface area contributed by atoms with Gasteiger partial charge in [0.1, 0.15) is 11.6 Å². The van der Waals surface area contributed by atoms with Crippen LogP contribution < -0.4 is 16.0 Å². The smallest absolute Gasteiger partial charge is 0.408 e. The van der Waals surface area contributed by atoms with Crippen LogP contribution in [-0.4, -0.2) is 48.1 Å². The Balaban J connectivity index is 2.46. The van der Waals surface area contributed by atoms with Crippen molar-refractivity contribution in [1.82, 2.24) is 16.0 Å². The number of rotatable bonds is 4.